The molecule has 0 fully saturated rings. The fraction of sp³-hybridized carbons (Fsp3) is 0.133. The Morgan fingerprint density at radius 1 is 1.11 bits per heavy atom. The molecule has 0 aromatic heterocycles. The fourth-order valence-corrected chi connectivity index (χ4v) is 1.89. The molecule has 0 saturated carbocycles. The maximum atomic E-state index is 10.8. The molecule has 0 amide bonds. The number of carboxylic acid groups (broad SMARTS) is 1. The third-order valence-electron chi connectivity index (χ3n) is 2.68. The Kier molecular flexibility index (Phi) is 3.42. The second kappa shape index (κ2) is 5.02. The number of aryl methyl sites for hydroxylation is 2. The lowest BCUT2D eigenvalue weighted by Crippen LogP contribution is -1.99. The maximum absolute atomic E-state index is 10.8. The molecular formula is C15H15NO3. The smallest absolute Gasteiger partial charge is 0.335 e. The van der Waals surface area contributed by atoms with Crippen molar-refractivity contribution in [3.8, 4) is 11.5 Å². The number of anilines is 1. The van der Waals surface area contributed by atoms with Crippen LogP contribution in [0.1, 0.15) is 21.5 Å². The van der Waals surface area contributed by atoms with Crippen LogP contribution in [-0.2, 0) is 0 Å². The number of ether oxygens (including phenoxy) is 1. The second-order valence-corrected chi connectivity index (χ2v) is 4.48. The van der Waals surface area contributed by atoms with Gasteiger partial charge in [-0.15, -0.1) is 0 Å². The van der Waals surface area contributed by atoms with Crippen LogP contribution in [0.15, 0.2) is 36.4 Å². The van der Waals surface area contributed by atoms with E-state index in [-0.39, 0.29) is 5.56 Å². The molecule has 0 radical (unpaired) electrons. The number of hydrogen-bond donors (Lipinski definition) is 2. The summed E-state index contributed by atoms with van der Waals surface area (Å²) >= 11 is 0. The Morgan fingerprint density at radius 3 is 2.26 bits per heavy atom. The average Bonchev–Trinajstić information content (AvgIpc) is 2.30. The van der Waals surface area contributed by atoms with Gasteiger partial charge in [-0.05, 0) is 55.3 Å². The van der Waals surface area contributed by atoms with Crippen molar-refractivity contribution in [3.05, 3.63) is 53.1 Å². The van der Waals surface area contributed by atoms with Crippen LogP contribution >= 0.6 is 0 Å². The van der Waals surface area contributed by atoms with E-state index in [1.165, 1.54) is 12.1 Å². The van der Waals surface area contributed by atoms with Crippen LogP contribution in [0, 0.1) is 13.8 Å². The molecule has 0 aliphatic rings. The normalized spacial score (nSPS) is 10.2. The van der Waals surface area contributed by atoms with Crippen LogP contribution in [0.3, 0.4) is 0 Å². The highest BCUT2D eigenvalue weighted by Gasteiger charge is 2.08. The monoisotopic (exact) mass is 257 g/mol. The van der Waals surface area contributed by atoms with Gasteiger partial charge in [-0.3, -0.25) is 0 Å². The largest absolute Gasteiger partial charge is 0.478 e. The fourth-order valence-electron chi connectivity index (χ4n) is 1.89. The summed E-state index contributed by atoms with van der Waals surface area (Å²) < 4.78 is 5.69. The van der Waals surface area contributed by atoms with Crippen LogP contribution in [0.4, 0.5) is 5.69 Å². The van der Waals surface area contributed by atoms with E-state index in [0.717, 1.165) is 11.1 Å². The number of nitrogens with two attached hydrogens (primary N) is 1. The lowest BCUT2D eigenvalue weighted by Gasteiger charge is -2.10. The summed E-state index contributed by atoms with van der Waals surface area (Å²) in [5, 5.41) is 8.87. The minimum absolute atomic E-state index is 0.144. The van der Waals surface area contributed by atoms with Crippen molar-refractivity contribution < 1.29 is 14.6 Å². The van der Waals surface area contributed by atoms with Crippen molar-refractivity contribution >= 4 is 11.7 Å². The van der Waals surface area contributed by atoms with Crippen molar-refractivity contribution in [3.63, 3.8) is 0 Å². The first-order valence-corrected chi connectivity index (χ1v) is 5.84. The SMILES string of the molecule is Cc1cc(C)cc(Oc2ccc(C(=O)O)cc2N)c1. The van der Waals surface area contributed by atoms with Gasteiger partial charge in [-0.25, -0.2) is 4.79 Å². The standard InChI is InChI=1S/C15H15NO3/c1-9-5-10(2)7-12(6-9)19-14-4-3-11(15(17)18)8-13(14)16/h3-8H,16H2,1-2H3,(H,17,18). The predicted molar refractivity (Wildman–Crippen MR) is 73.8 cm³/mol. The molecule has 0 spiro atoms. The Morgan fingerprint density at radius 2 is 1.74 bits per heavy atom. The summed E-state index contributed by atoms with van der Waals surface area (Å²) in [4.78, 5) is 10.8. The molecule has 3 N–H and O–H groups in total. The van der Waals surface area contributed by atoms with Gasteiger partial charge in [0, 0.05) is 0 Å². The molecule has 0 heterocycles. The number of rotatable bonds is 3. The number of carbonyl (C=O) groups is 1. The number of aromatic carboxylic acids is 1. The van der Waals surface area contributed by atoms with Crippen LogP contribution in [0.5, 0.6) is 11.5 Å². The van der Waals surface area contributed by atoms with E-state index in [2.05, 4.69) is 0 Å². The molecule has 4 nitrogen and oxygen atoms in total. The second-order valence-electron chi connectivity index (χ2n) is 4.48. The minimum Gasteiger partial charge on any atom is -0.478 e. The van der Waals surface area contributed by atoms with Crippen molar-refractivity contribution in [2.45, 2.75) is 13.8 Å². The number of hydrogen-bond acceptors (Lipinski definition) is 3. The summed E-state index contributed by atoms with van der Waals surface area (Å²) in [5.41, 5.74) is 8.43. The molecule has 98 valence electrons. The van der Waals surface area contributed by atoms with Crippen LogP contribution in [-0.4, -0.2) is 11.1 Å². The van der Waals surface area contributed by atoms with Crippen molar-refractivity contribution in [1.82, 2.24) is 0 Å². The van der Waals surface area contributed by atoms with Gasteiger partial charge >= 0.3 is 5.97 Å². The van der Waals surface area contributed by atoms with Crippen molar-refractivity contribution in [1.29, 1.82) is 0 Å². The Hall–Kier alpha value is -2.49. The summed E-state index contributed by atoms with van der Waals surface area (Å²) in [6.45, 7) is 3.97. The summed E-state index contributed by atoms with van der Waals surface area (Å²) in [6.07, 6.45) is 0. The van der Waals surface area contributed by atoms with Crippen LogP contribution in [0.25, 0.3) is 0 Å². The molecule has 0 saturated heterocycles. The van der Waals surface area contributed by atoms with E-state index in [9.17, 15) is 4.79 Å². The first kappa shape index (κ1) is 13.0. The Bertz CT molecular complexity index is 615. The number of carboxylic acids is 1. The predicted octanol–water partition coefficient (Wildman–Crippen LogP) is 3.38. The molecular weight excluding hydrogens is 242 g/mol. The molecule has 2 aromatic carbocycles. The zero-order valence-corrected chi connectivity index (χ0v) is 10.8. The quantitative estimate of drug-likeness (QED) is 0.827. The molecule has 0 aliphatic carbocycles. The average molecular weight is 257 g/mol. The van der Waals surface area contributed by atoms with Gasteiger partial charge in [-0.1, -0.05) is 6.07 Å². The highest BCUT2D eigenvalue weighted by molar-refractivity contribution is 5.89. The summed E-state index contributed by atoms with van der Waals surface area (Å²) in [6, 6.07) is 10.3. The summed E-state index contributed by atoms with van der Waals surface area (Å²) in [5.74, 6) is 0.131. The van der Waals surface area contributed by atoms with E-state index in [4.69, 9.17) is 15.6 Å². The molecule has 0 unspecified atom stereocenters. The Labute approximate surface area is 111 Å². The topological polar surface area (TPSA) is 72.5 Å². The highest BCUT2D eigenvalue weighted by atomic mass is 16.5. The zero-order chi connectivity index (χ0) is 14.0. The lowest BCUT2D eigenvalue weighted by atomic mass is 10.1. The van der Waals surface area contributed by atoms with Gasteiger partial charge in [0.15, 0.2) is 0 Å². The molecule has 4 heteroatoms. The maximum Gasteiger partial charge on any atom is 0.335 e. The highest BCUT2D eigenvalue weighted by Crippen LogP contribution is 2.29. The molecule has 0 aliphatic heterocycles. The van der Waals surface area contributed by atoms with Gasteiger partial charge in [-0.2, -0.15) is 0 Å². The first-order valence-electron chi connectivity index (χ1n) is 5.84. The van der Waals surface area contributed by atoms with Crippen LogP contribution in [0.2, 0.25) is 0 Å². The van der Waals surface area contributed by atoms with E-state index in [1.54, 1.807) is 6.07 Å². The van der Waals surface area contributed by atoms with Gasteiger partial charge in [0.25, 0.3) is 0 Å². The zero-order valence-electron chi connectivity index (χ0n) is 10.8. The molecule has 0 bridgehead atoms. The van der Waals surface area contributed by atoms with Gasteiger partial charge in [0.2, 0.25) is 0 Å². The number of benzene rings is 2. The third kappa shape index (κ3) is 3.04. The molecule has 19 heavy (non-hydrogen) atoms. The van der Waals surface area contributed by atoms with Gasteiger partial charge < -0.3 is 15.6 Å². The molecule has 0 atom stereocenters. The van der Waals surface area contributed by atoms with E-state index in [0.29, 0.717) is 17.2 Å². The van der Waals surface area contributed by atoms with Crippen molar-refractivity contribution in [2.75, 3.05) is 5.73 Å². The molecule has 2 rings (SSSR count). The first-order chi connectivity index (χ1) is 8.95. The van der Waals surface area contributed by atoms with E-state index >= 15 is 0 Å². The van der Waals surface area contributed by atoms with Gasteiger partial charge in [0.1, 0.15) is 11.5 Å². The van der Waals surface area contributed by atoms with Gasteiger partial charge in [0.05, 0.1) is 11.3 Å². The Balaban J connectivity index is 2.30. The van der Waals surface area contributed by atoms with E-state index < -0.39 is 5.97 Å². The van der Waals surface area contributed by atoms with Crippen LogP contribution < -0.4 is 10.5 Å². The minimum atomic E-state index is -1.01. The molecule has 2 aromatic rings. The lowest BCUT2D eigenvalue weighted by molar-refractivity contribution is 0.0697. The van der Waals surface area contributed by atoms with Crippen molar-refractivity contribution in [2.24, 2.45) is 0 Å². The third-order valence-corrected chi connectivity index (χ3v) is 2.68. The number of nitrogen functional groups attached to an aromatic ring is 1. The van der Waals surface area contributed by atoms with E-state index in [1.807, 2.05) is 32.0 Å². The summed E-state index contributed by atoms with van der Waals surface area (Å²) in [7, 11) is 0.